The Kier molecular flexibility index (Phi) is 4.89. The smallest absolute Gasteiger partial charge is 0.351 e. The van der Waals surface area contributed by atoms with E-state index >= 15 is 0 Å². The third-order valence-electron chi connectivity index (χ3n) is 4.82. The quantitative estimate of drug-likeness (QED) is 0.584. The topological polar surface area (TPSA) is 80.2 Å². The number of nitrogens with one attached hydrogen (secondary N) is 2. The molecular formula is C21H16F3N3O3S. The minimum atomic E-state index is -4.52. The summed E-state index contributed by atoms with van der Waals surface area (Å²) >= 11 is 0. The van der Waals surface area contributed by atoms with Crippen LogP contribution in [-0.4, -0.2) is 18.9 Å². The number of anilines is 2. The minimum Gasteiger partial charge on any atom is -0.351 e. The molecule has 0 fully saturated rings. The molecule has 3 aromatic rings. The molecule has 1 aromatic heterocycles. The van der Waals surface area contributed by atoms with Crippen LogP contribution in [0.2, 0.25) is 0 Å². The molecule has 0 saturated heterocycles. The van der Waals surface area contributed by atoms with Gasteiger partial charge in [-0.15, -0.1) is 0 Å². The highest BCUT2D eigenvalue weighted by molar-refractivity contribution is 7.92. The van der Waals surface area contributed by atoms with Gasteiger partial charge in [0.05, 0.1) is 16.0 Å². The number of hydrogen-bond donors (Lipinski definition) is 2. The van der Waals surface area contributed by atoms with E-state index in [0.717, 1.165) is 30.0 Å². The summed E-state index contributed by atoms with van der Waals surface area (Å²) in [5.74, 6) is -0.360. The fourth-order valence-electron chi connectivity index (χ4n) is 3.19. The predicted molar refractivity (Wildman–Crippen MR) is 111 cm³/mol. The Morgan fingerprint density at radius 3 is 2.39 bits per heavy atom. The van der Waals surface area contributed by atoms with Crippen LogP contribution in [0.5, 0.6) is 0 Å². The van der Waals surface area contributed by atoms with Crippen molar-refractivity contribution in [3.05, 3.63) is 77.6 Å². The van der Waals surface area contributed by atoms with Gasteiger partial charge in [-0.3, -0.25) is 9.52 Å². The zero-order valence-electron chi connectivity index (χ0n) is 16.1. The lowest BCUT2D eigenvalue weighted by Crippen LogP contribution is -2.13. The van der Waals surface area contributed by atoms with Crippen LogP contribution in [0, 0.1) is 0 Å². The molecular weight excluding hydrogens is 431 g/mol. The van der Waals surface area contributed by atoms with Gasteiger partial charge < -0.3 is 9.88 Å². The number of nitrogens with zero attached hydrogens (tertiary/aromatic N) is 1. The molecule has 2 aromatic carbocycles. The number of fused-ring (bicyclic) bond motifs is 1. The number of carbonyl (C=O) groups excluding carboxylic acids is 1. The van der Waals surface area contributed by atoms with Crippen LogP contribution in [0.25, 0.3) is 11.6 Å². The normalized spacial score (nSPS) is 15.1. The van der Waals surface area contributed by atoms with Gasteiger partial charge in [0.2, 0.25) is 0 Å². The molecule has 0 spiro atoms. The van der Waals surface area contributed by atoms with Gasteiger partial charge in [0.25, 0.3) is 15.9 Å². The number of aromatic nitrogens is 1. The fourth-order valence-corrected chi connectivity index (χ4v) is 4.28. The summed E-state index contributed by atoms with van der Waals surface area (Å²) in [5.41, 5.74) is 1.06. The summed E-state index contributed by atoms with van der Waals surface area (Å²) in [7, 11) is -2.28. The number of carbonyl (C=O) groups is 1. The van der Waals surface area contributed by atoms with Crippen molar-refractivity contribution in [1.29, 1.82) is 0 Å². The molecule has 0 unspecified atom stereocenters. The Morgan fingerprint density at radius 1 is 1.06 bits per heavy atom. The van der Waals surface area contributed by atoms with Crippen molar-refractivity contribution >= 4 is 39.0 Å². The zero-order chi connectivity index (χ0) is 22.4. The summed E-state index contributed by atoms with van der Waals surface area (Å²) in [6.45, 7) is 0. The fraction of sp³-hybridized carbons (Fsp3) is 0.0952. The molecule has 0 atom stereocenters. The number of sulfonamides is 1. The molecule has 2 N–H and O–H groups in total. The van der Waals surface area contributed by atoms with Crippen molar-refractivity contribution in [2.45, 2.75) is 11.1 Å². The molecule has 1 amide bonds. The predicted octanol–water partition coefficient (Wildman–Crippen LogP) is 4.34. The molecule has 1 aliphatic rings. The van der Waals surface area contributed by atoms with Crippen LogP contribution in [0.3, 0.4) is 0 Å². The van der Waals surface area contributed by atoms with Gasteiger partial charge >= 0.3 is 6.18 Å². The van der Waals surface area contributed by atoms with Gasteiger partial charge in [-0.2, -0.15) is 13.2 Å². The van der Waals surface area contributed by atoms with Gasteiger partial charge in [-0.1, -0.05) is 0 Å². The van der Waals surface area contributed by atoms with Crippen molar-refractivity contribution in [1.82, 2.24) is 4.57 Å². The second-order valence-electron chi connectivity index (χ2n) is 6.94. The van der Waals surface area contributed by atoms with E-state index in [1.807, 2.05) is 29.9 Å². The third kappa shape index (κ3) is 4.06. The van der Waals surface area contributed by atoms with E-state index in [1.54, 1.807) is 6.08 Å². The summed E-state index contributed by atoms with van der Waals surface area (Å²) in [6.07, 6.45) is -1.05. The number of benzene rings is 2. The Morgan fingerprint density at radius 2 is 1.77 bits per heavy atom. The molecule has 1 aliphatic heterocycles. The lowest BCUT2D eigenvalue weighted by atomic mass is 10.1. The van der Waals surface area contributed by atoms with Gasteiger partial charge in [-0.05, 0) is 60.7 Å². The second kappa shape index (κ2) is 7.31. The lowest BCUT2D eigenvalue weighted by Gasteiger charge is -2.11. The van der Waals surface area contributed by atoms with Crippen molar-refractivity contribution in [3.8, 4) is 0 Å². The summed E-state index contributed by atoms with van der Waals surface area (Å²) < 4.78 is 67.7. The van der Waals surface area contributed by atoms with Crippen LogP contribution in [0.1, 0.15) is 16.8 Å². The summed E-state index contributed by atoms with van der Waals surface area (Å²) in [5, 5.41) is 2.69. The largest absolute Gasteiger partial charge is 0.416 e. The highest BCUT2D eigenvalue weighted by Crippen LogP contribution is 2.35. The van der Waals surface area contributed by atoms with Crippen molar-refractivity contribution < 1.29 is 26.4 Å². The lowest BCUT2D eigenvalue weighted by molar-refractivity contribution is -0.137. The Hall–Kier alpha value is -3.53. The monoisotopic (exact) mass is 447 g/mol. The number of aryl methyl sites for hydroxylation is 1. The maximum Gasteiger partial charge on any atom is 0.416 e. The SMILES string of the molecule is Cn1cccc1C=C1C(=O)Nc2ccc(S(=O)(=O)Nc3ccc(C(F)(F)F)cc3)cc21. The number of amides is 1. The molecule has 0 aliphatic carbocycles. The van der Waals surface area contributed by atoms with Crippen molar-refractivity contribution in [3.63, 3.8) is 0 Å². The average Bonchev–Trinajstić information content (AvgIpc) is 3.24. The zero-order valence-corrected chi connectivity index (χ0v) is 16.9. The first-order valence-corrected chi connectivity index (χ1v) is 10.5. The van der Waals surface area contributed by atoms with E-state index in [1.165, 1.54) is 18.2 Å². The van der Waals surface area contributed by atoms with Crippen LogP contribution >= 0.6 is 0 Å². The van der Waals surface area contributed by atoms with Crippen LogP contribution in [0.15, 0.2) is 65.7 Å². The van der Waals surface area contributed by atoms with Crippen molar-refractivity contribution in [2.24, 2.45) is 7.05 Å². The highest BCUT2D eigenvalue weighted by atomic mass is 32.2. The van der Waals surface area contributed by atoms with Crippen LogP contribution in [0.4, 0.5) is 24.5 Å². The summed E-state index contributed by atoms with van der Waals surface area (Å²) in [4.78, 5) is 12.3. The third-order valence-corrected chi connectivity index (χ3v) is 6.20. The Bertz CT molecular complexity index is 1310. The minimum absolute atomic E-state index is 0.0118. The highest BCUT2D eigenvalue weighted by Gasteiger charge is 2.30. The molecule has 10 heteroatoms. The molecule has 0 saturated carbocycles. The molecule has 4 rings (SSSR count). The molecule has 160 valence electrons. The van der Waals surface area contributed by atoms with Gasteiger partial charge in [0, 0.05) is 35.9 Å². The molecule has 31 heavy (non-hydrogen) atoms. The van der Waals surface area contributed by atoms with E-state index < -0.39 is 21.8 Å². The first-order valence-electron chi connectivity index (χ1n) is 9.03. The van der Waals surface area contributed by atoms with E-state index in [0.29, 0.717) is 16.8 Å². The molecule has 0 radical (unpaired) electrons. The Balaban J connectivity index is 1.66. The summed E-state index contributed by atoms with van der Waals surface area (Å²) in [6, 6.07) is 11.4. The maximum atomic E-state index is 12.8. The molecule has 6 nitrogen and oxygen atoms in total. The Labute approximate surface area is 176 Å². The van der Waals surface area contributed by atoms with E-state index in [4.69, 9.17) is 0 Å². The van der Waals surface area contributed by atoms with Crippen LogP contribution < -0.4 is 10.0 Å². The van der Waals surface area contributed by atoms with Gasteiger partial charge in [0.15, 0.2) is 0 Å². The van der Waals surface area contributed by atoms with Gasteiger partial charge in [0.1, 0.15) is 0 Å². The molecule has 2 heterocycles. The number of rotatable bonds is 4. The molecule has 0 bridgehead atoms. The van der Waals surface area contributed by atoms with E-state index in [2.05, 4.69) is 10.0 Å². The standard InChI is InChI=1S/C21H16F3N3O3S/c1-27-10-2-3-15(27)11-18-17-12-16(8-9-19(17)25-20(18)28)31(29,30)26-14-6-4-13(5-7-14)21(22,23)24/h2-12,26H,1H3,(H,25,28). The van der Waals surface area contributed by atoms with E-state index in [-0.39, 0.29) is 16.5 Å². The second-order valence-corrected chi connectivity index (χ2v) is 8.63. The number of hydrogen-bond acceptors (Lipinski definition) is 3. The average molecular weight is 447 g/mol. The van der Waals surface area contributed by atoms with Crippen molar-refractivity contribution in [2.75, 3.05) is 10.0 Å². The van der Waals surface area contributed by atoms with E-state index in [9.17, 15) is 26.4 Å². The number of halogens is 3. The van der Waals surface area contributed by atoms with Gasteiger partial charge in [-0.25, -0.2) is 8.42 Å². The number of alkyl halides is 3. The first-order chi connectivity index (χ1) is 14.5. The first kappa shape index (κ1) is 20.7. The maximum absolute atomic E-state index is 12.8. The van der Waals surface area contributed by atoms with Crippen LogP contribution in [-0.2, 0) is 28.0 Å².